The van der Waals surface area contributed by atoms with Crippen LogP contribution in [0.3, 0.4) is 0 Å². The first-order chi connectivity index (χ1) is 9.79. The second-order valence-electron chi connectivity index (χ2n) is 4.45. The summed E-state index contributed by atoms with van der Waals surface area (Å²) in [7, 11) is -3.82. The lowest BCUT2D eigenvalue weighted by atomic mass is 10.2. The molecule has 0 unspecified atom stereocenters. The van der Waals surface area contributed by atoms with Crippen molar-refractivity contribution >= 4 is 27.3 Å². The van der Waals surface area contributed by atoms with Gasteiger partial charge in [0.15, 0.2) is 0 Å². The minimum Gasteiger partial charge on any atom is -0.315 e. The molecule has 9 heteroatoms. The van der Waals surface area contributed by atoms with Crippen LogP contribution in [-0.2, 0) is 10.0 Å². The number of hydrogen-bond acceptors (Lipinski definition) is 5. The van der Waals surface area contributed by atoms with E-state index in [1.807, 2.05) is 6.92 Å². The summed E-state index contributed by atoms with van der Waals surface area (Å²) in [5, 5.41) is 14.0. The van der Waals surface area contributed by atoms with E-state index in [0.717, 1.165) is 19.0 Å². The highest BCUT2D eigenvalue weighted by Gasteiger charge is 2.22. The molecule has 0 saturated heterocycles. The Kier molecular flexibility index (Phi) is 6.53. The molecule has 0 bridgehead atoms. The van der Waals surface area contributed by atoms with Crippen molar-refractivity contribution in [3.05, 3.63) is 32.8 Å². The van der Waals surface area contributed by atoms with Gasteiger partial charge in [-0.25, -0.2) is 13.1 Å². The number of benzene rings is 1. The van der Waals surface area contributed by atoms with Crippen molar-refractivity contribution < 1.29 is 13.3 Å². The lowest BCUT2D eigenvalue weighted by molar-refractivity contribution is -0.385. The largest absolute Gasteiger partial charge is 0.315 e. The van der Waals surface area contributed by atoms with Gasteiger partial charge in [0.05, 0.1) is 14.8 Å². The standard InChI is InChI=1S/C12H18ClN3O4S/c1-3-4-14-5-6-15-21(19,20)10-7-11(13)9(2)12(8-10)16(17)18/h7-8,14-15H,3-6H2,1-2H3. The third kappa shape index (κ3) is 4.92. The van der Waals surface area contributed by atoms with Crippen LogP contribution in [0.25, 0.3) is 0 Å². The van der Waals surface area contributed by atoms with Crippen molar-refractivity contribution in [1.29, 1.82) is 0 Å². The molecule has 7 nitrogen and oxygen atoms in total. The predicted octanol–water partition coefficient (Wildman–Crippen LogP) is 1.83. The Morgan fingerprint density at radius 3 is 2.52 bits per heavy atom. The molecule has 0 saturated carbocycles. The molecular weight excluding hydrogens is 318 g/mol. The Morgan fingerprint density at radius 2 is 1.95 bits per heavy atom. The molecule has 0 amide bonds. The van der Waals surface area contributed by atoms with Crippen LogP contribution in [-0.4, -0.2) is 33.0 Å². The number of hydrogen-bond donors (Lipinski definition) is 2. The third-order valence-corrected chi connectivity index (χ3v) is 4.65. The summed E-state index contributed by atoms with van der Waals surface area (Å²) in [6.07, 6.45) is 0.951. The average Bonchev–Trinajstić information content (AvgIpc) is 2.40. The highest BCUT2D eigenvalue weighted by molar-refractivity contribution is 7.89. The van der Waals surface area contributed by atoms with Crippen LogP contribution in [0, 0.1) is 17.0 Å². The first kappa shape index (κ1) is 17.8. The van der Waals surface area contributed by atoms with E-state index in [2.05, 4.69) is 10.0 Å². The van der Waals surface area contributed by atoms with Gasteiger partial charge < -0.3 is 5.32 Å². The van der Waals surface area contributed by atoms with E-state index in [4.69, 9.17) is 11.6 Å². The number of nitro groups is 1. The molecule has 0 aliphatic heterocycles. The van der Waals surface area contributed by atoms with Gasteiger partial charge >= 0.3 is 0 Å². The molecule has 1 rings (SSSR count). The summed E-state index contributed by atoms with van der Waals surface area (Å²) in [4.78, 5) is 10.0. The first-order valence-corrected chi connectivity index (χ1v) is 8.30. The lowest BCUT2D eigenvalue weighted by Gasteiger charge is -2.09. The van der Waals surface area contributed by atoms with Crippen LogP contribution in [0.4, 0.5) is 5.69 Å². The Balaban J connectivity index is 2.91. The number of nitrogens with one attached hydrogen (secondary N) is 2. The van der Waals surface area contributed by atoms with Crippen molar-refractivity contribution in [2.45, 2.75) is 25.2 Å². The molecule has 118 valence electrons. The maximum absolute atomic E-state index is 12.1. The number of sulfonamides is 1. The van der Waals surface area contributed by atoms with Gasteiger partial charge in [0.2, 0.25) is 10.0 Å². The minimum absolute atomic E-state index is 0.0497. The molecule has 0 atom stereocenters. The van der Waals surface area contributed by atoms with E-state index in [0.29, 0.717) is 6.54 Å². The molecule has 0 aliphatic rings. The molecule has 0 fully saturated rings. The SMILES string of the molecule is CCCNCCNS(=O)(=O)c1cc(Cl)c(C)c([N+](=O)[O-])c1. The molecule has 1 aromatic rings. The fourth-order valence-electron chi connectivity index (χ4n) is 1.64. The summed E-state index contributed by atoms with van der Waals surface area (Å²) in [5.74, 6) is 0. The van der Waals surface area contributed by atoms with Crippen molar-refractivity contribution in [2.24, 2.45) is 0 Å². The van der Waals surface area contributed by atoms with Gasteiger partial charge in [0, 0.05) is 24.7 Å². The lowest BCUT2D eigenvalue weighted by Crippen LogP contribution is -2.32. The van der Waals surface area contributed by atoms with E-state index in [1.54, 1.807) is 0 Å². The number of rotatable bonds is 8. The molecule has 0 radical (unpaired) electrons. The van der Waals surface area contributed by atoms with Crippen molar-refractivity contribution in [3.8, 4) is 0 Å². The van der Waals surface area contributed by atoms with Crippen LogP contribution >= 0.6 is 11.6 Å². The van der Waals surface area contributed by atoms with E-state index in [9.17, 15) is 18.5 Å². The zero-order valence-corrected chi connectivity index (χ0v) is 13.4. The van der Waals surface area contributed by atoms with Gasteiger partial charge in [-0.3, -0.25) is 10.1 Å². The number of nitro benzene ring substituents is 1. The average molecular weight is 336 g/mol. The fourth-order valence-corrected chi connectivity index (χ4v) is 3.00. The van der Waals surface area contributed by atoms with E-state index >= 15 is 0 Å². The summed E-state index contributed by atoms with van der Waals surface area (Å²) in [5.41, 5.74) is -0.0720. The molecule has 21 heavy (non-hydrogen) atoms. The van der Waals surface area contributed by atoms with Gasteiger partial charge in [-0.2, -0.15) is 0 Å². The van der Waals surface area contributed by atoms with Gasteiger partial charge in [-0.1, -0.05) is 18.5 Å². The molecule has 0 spiro atoms. The van der Waals surface area contributed by atoms with Gasteiger partial charge in [0.1, 0.15) is 0 Å². The Bertz CT molecular complexity index is 619. The zero-order valence-electron chi connectivity index (χ0n) is 11.8. The smallest absolute Gasteiger partial charge is 0.275 e. The van der Waals surface area contributed by atoms with E-state index < -0.39 is 14.9 Å². The minimum atomic E-state index is -3.82. The summed E-state index contributed by atoms with van der Waals surface area (Å²) in [6, 6.07) is 2.23. The second-order valence-corrected chi connectivity index (χ2v) is 6.63. The Morgan fingerprint density at radius 1 is 1.29 bits per heavy atom. The molecular formula is C12H18ClN3O4S. The third-order valence-electron chi connectivity index (χ3n) is 2.82. The Hall–Kier alpha value is -1.22. The van der Waals surface area contributed by atoms with Gasteiger partial charge in [0.25, 0.3) is 5.69 Å². The Labute approximate surface area is 128 Å². The molecule has 0 aliphatic carbocycles. The van der Waals surface area contributed by atoms with Crippen molar-refractivity contribution in [1.82, 2.24) is 10.0 Å². The van der Waals surface area contributed by atoms with Crippen LogP contribution in [0.2, 0.25) is 5.02 Å². The summed E-state index contributed by atoms with van der Waals surface area (Å²) >= 11 is 5.86. The molecule has 2 N–H and O–H groups in total. The van der Waals surface area contributed by atoms with Gasteiger partial charge in [-0.15, -0.1) is 0 Å². The van der Waals surface area contributed by atoms with Crippen LogP contribution in [0.1, 0.15) is 18.9 Å². The first-order valence-electron chi connectivity index (χ1n) is 6.44. The highest BCUT2D eigenvalue weighted by Crippen LogP contribution is 2.29. The van der Waals surface area contributed by atoms with Crippen LogP contribution in [0.5, 0.6) is 0 Å². The van der Waals surface area contributed by atoms with Crippen LogP contribution in [0.15, 0.2) is 17.0 Å². The highest BCUT2D eigenvalue weighted by atomic mass is 35.5. The topological polar surface area (TPSA) is 101 Å². The molecule has 0 aromatic heterocycles. The van der Waals surface area contributed by atoms with Crippen LogP contribution < -0.4 is 10.0 Å². The summed E-state index contributed by atoms with van der Waals surface area (Å²) in [6.45, 7) is 4.95. The zero-order chi connectivity index (χ0) is 16.0. The summed E-state index contributed by atoms with van der Waals surface area (Å²) < 4.78 is 26.5. The monoisotopic (exact) mass is 335 g/mol. The quantitative estimate of drug-likeness (QED) is 0.429. The fraction of sp³-hybridized carbons (Fsp3) is 0.500. The normalized spacial score (nSPS) is 11.6. The van der Waals surface area contributed by atoms with Crippen molar-refractivity contribution in [3.63, 3.8) is 0 Å². The molecule has 1 aromatic carbocycles. The van der Waals surface area contributed by atoms with E-state index in [1.165, 1.54) is 13.0 Å². The second kappa shape index (κ2) is 7.69. The number of nitrogens with zero attached hydrogens (tertiary/aromatic N) is 1. The van der Waals surface area contributed by atoms with Gasteiger partial charge in [-0.05, 0) is 26.0 Å². The number of halogens is 1. The maximum atomic E-state index is 12.1. The van der Waals surface area contributed by atoms with E-state index in [-0.39, 0.29) is 27.7 Å². The van der Waals surface area contributed by atoms with Crippen molar-refractivity contribution in [2.75, 3.05) is 19.6 Å². The maximum Gasteiger partial charge on any atom is 0.275 e. The molecule has 0 heterocycles. The predicted molar refractivity (Wildman–Crippen MR) is 81.2 cm³/mol.